The van der Waals surface area contributed by atoms with Gasteiger partial charge in [-0.15, -0.1) is 0 Å². The zero-order valence-electron chi connectivity index (χ0n) is 14.1. The second kappa shape index (κ2) is 10.9. The summed E-state index contributed by atoms with van der Waals surface area (Å²) >= 11 is 0. The molecule has 2 rings (SSSR count). The van der Waals surface area contributed by atoms with Crippen molar-refractivity contribution in [2.45, 2.75) is 54.4 Å². The first kappa shape index (κ1) is 26.2. The van der Waals surface area contributed by atoms with Gasteiger partial charge in [0, 0.05) is 0 Å². The Bertz CT molecular complexity index is 402. The van der Waals surface area contributed by atoms with Crippen LogP contribution in [0.25, 0.3) is 0 Å². The summed E-state index contributed by atoms with van der Waals surface area (Å²) in [7, 11) is 0. The fourth-order valence-corrected chi connectivity index (χ4v) is 2.02. The minimum atomic E-state index is 0. The van der Waals surface area contributed by atoms with E-state index in [0.717, 1.165) is 12.8 Å². The van der Waals surface area contributed by atoms with E-state index in [2.05, 4.69) is 78.0 Å². The summed E-state index contributed by atoms with van der Waals surface area (Å²) in [6.07, 6.45) is 15.6. The van der Waals surface area contributed by atoms with Crippen molar-refractivity contribution >= 4 is 0 Å². The molecule has 0 atom stereocenters. The van der Waals surface area contributed by atoms with Crippen LogP contribution in [0.3, 0.4) is 0 Å². The van der Waals surface area contributed by atoms with Crippen molar-refractivity contribution in [1.29, 1.82) is 0 Å². The number of halogens is 2. The summed E-state index contributed by atoms with van der Waals surface area (Å²) in [6.45, 7) is 13.5. The average molecular weight is 363 g/mol. The molecule has 0 fully saturated rings. The molecule has 0 aliphatic heterocycles. The Morgan fingerprint density at radius 3 is 1.62 bits per heavy atom. The molecule has 2 aliphatic carbocycles. The van der Waals surface area contributed by atoms with Crippen molar-refractivity contribution in [3.63, 3.8) is 0 Å². The van der Waals surface area contributed by atoms with Gasteiger partial charge in [-0.2, -0.15) is 0 Å². The molecule has 0 saturated heterocycles. The molecule has 0 bridgehead atoms. The van der Waals surface area contributed by atoms with Gasteiger partial charge in [-0.3, -0.25) is 0 Å². The molecule has 0 aromatic heterocycles. The molecule has 0 amide bonds. The Morgan fingerprint density at radius 2 is 1.43 bits per heavy atom. The minimum Gasteiger partial charge on any atom is -1.00 e. The average Bonchev–Trinajstić information content (AvgIpc) is 2.91. The van der Waals surface area contributed by atoms with E-state index in [1.807, 2.05) is 0 Å². The summed E-state index contributed by atoms with van der Waals surface area (Å²) in [5.41, 5.74) is 3.75. The van der Waals surface area contributed by atoms with Gasteiger partial charge in [0.15, 0.2) is 0 Å². The van der Waals surface area contributed by atoms with E-state index in [-0.39, 0.29) is 46.5 Å². The number of rotatable bonds is 0. The Labute approximate surface area is 158 Å². The van der Waals surface area contributed by atoms with E-state index in [1.54, 1.807) is 5.57 Å². The van der Waals surface area contributed by atoms with Gasteiger partial charge in [-0.05, 0) is 29.2 Å². The van der Waals surface area contributed by atoms with E-state index in [0.29, 0.717) is 10.8 Å². The van der Waals surface area contributed by atoms with Gasteiger partial charge in [0.2, 0.25) is 0 Å². The Balaban J connectivity index is -0.000000270. The van der Waals surface area contributed by atoms with Crippen LogP contribution in [0.1, 0.15) is 54.4 Å². The van der Waals surface area contributed by atoms with E-state index in [4.69, 9.17) is 0 Å². The van der Waals surface area contributed by atoms with Crippen molar-refractivity contribution in [2.75, 3.05) is 0 Å². The van der Waals surface area contributed by atoms with Crippen LogP contribution in [0.15, 0.2) is 47.6 Å². The van der Waals surface area contributed by atoms with E-state index in [9.17, 15) is 0 Å². The van der Waals surface area contributed by atoms with Crippen molar-refractivity contribution in [2.24, 2.45) is 10.8 Å². The van der Waals surface area contributed by atoms with Gasteiger partial charge < -0.3 is 24.8 Å². The van der Waals surface area contributed by atoms with Gasteiger partial charge in [0.05, 0.1) is 0 Å². The SMILES string of the molecule is CC(C)(C)C1=CC=CC1.CC(C)(C)C1=CCC=C1.[Cl-].[Cl-].[Ti+2]. The molecule has 0 N–H and O–H groups in total. The summed E-state index contributed by atoms with van der Waals surface area (Å²) in [6, 6.07) is 0. The molecule has 118 valence electrons. The minimum absolute atomic E-state index is 0. The maximum atomic E-state index is 2.29. The molecule has 0 radical (unpaired) electrons. The molecule has 21 heavy (non-hydrogen) atoms. The molecule has 0 aromatic rings. The molecule has 0 aromatic carbocycles. The quantitative estimate of drug-likeness (QED) is 0.525. The summed E-state index contributed by atoms with van der Waals surface area (Å²) in [4.78, 5) is 0. The maximum absolute atomic E-state index is 2.29. The molecular weight excluding hydrogens is 335 g/mol. The van der Waals surface area contributed by atoms with Crippen molar-refractivity contribution in [3.8, 4) is 0 Å². The van der Waals surface area contributed by atoms with Crippen LogP contribution in [0, 0.1) is 10.8 Å². The summed E-state index contributed by atoms with van der Waals surface area (Å²) in [5, 5.41) is 0. The van der Waals surface area contributed by atoms with Gasteiger partial charge in [0.1, 0.15) is 0 Å². The Hall–Kier alpha value is 0.254. The summed E-state index contributed by atoms with van der Waals surface area (Å²) < 4.78 is 0. The molecule has 0 nitrogen and oxygen atoms in total. The fourth-order valence-electron chi connectivity index (χ4n) is 2.02. The zero-order chi connectivity index (χ0) is 13.8. The van der Waals surface area contributed by atoms with Crippen molar-refractivity contribution in [3.05, 3.63) is 47.6 Å². The molecule has 0 saturated carbocycles. The van der Waals surface area contributed by atoms with Crippen molar-refractivity contribution in [1.82, 2.24) is 0 Å². The Kier molecular flexibility index (Phi) is 13.6. The molecule has 2 aliphatic rings. The van der Waals surface area contributed by atoms with Gasteiger partial charge in [-0.25, -0.2) is 0 Å². The second-order valence-corrected chi connectivity index (χ2v) is 7.12. The largest absolute Gasteiger partial charge is 2.00 e. The summed E-state index contributed by atoms with van der Waals surface area (Å²) in [5.74, 6) is 0. The fraction of sp³-hybridized carbons (Fsp3) is 0.556. The molecule has 0 heterocycles. The van der Waals surface area contributed by atoms with Crippen LogP contribution in [0.2, 0.25) is 0 Å². The van der Waals surface area contributed by atoms with Crippen LogP contribution < -0.4 is 24.8 Å². The van der Waals surface area contributed by atoms with Crippen LogP contribution in [0.4, 0.5) is 0 Å². The van der Waals surface area contributed by atoms with Gasteiger partial charge >= 0.3 is 21.7 Å². The predicted octanol–water partition coefficient (Wildman–Crippen LogP) is -0.157. The van der Waals surface area contributed by atoms with Gasteiger partial charge in [-0.1, -0.05) is 83.6 Å². The molecular formula is C18H28Cl2Ti. The first-order valence-electron chi connectivity index (χ1n) is 6.94. The first-order valence-corrected chi connectivity index (χ1v) is 6.94. The predicted molar refractivity (Wildman–Crippen MR) is 82.6 cm³/mol. The number of hydrogen-bond donors (Lipinski definition) is 0. The molecule has 3 heteroatoms. The van der Waals surface area contributed by atoms with Crippen LogP contribution in [-0.2, 0) is 21.7 Å². The Morgan fingerprint density at radius 1 is 0.857 bits per heavy atom. The number of allylic oxidation sites excluding steroid dienone is 8. The van der Waals surface area contributed by atoms with Crippen LogP contribution in [0.5, 0.6) is 0 Å². The van der Waals surface area contributed by atoms with E-state index < -0.39 is 0 Å². The normalized spacial score (nSPS) is 15.7. The monoisotopic (exact) mass is 362 g/mol. The van der Waals surface area contributed by atoms with Gasteiger partial charge in [0.25, 0.3) is 0 Å². The smallest absolute Gasteiger partial charge is 1.00 e. The third kappa shape index (κ3) is 9.79. The molecule has 0 unspecified atom stereocenters. The third-order valence-corrected chi connectivity index (χ3v) is 3.37. The van der Waals surface area contributed by atoms with Crippen molar-refractivity contribution < 1.29 is 46.5 Å². The zero-order valence-corrected chi connectivity index (χ0v) is 17.2. The number of hydrogen-bond acceptors (Lipinski definition) is 0. The van der Waals surface area contributed by atoms with E-state index >= 15 is 0 Å². The van der Waals surface area contributed by atoms with Crippen LogP contribution >= 0.6 is 0 Å². The topological polar surface area (TPSA) is 0 Å². The third-order valence-electron chi connectivity index (χ3n) is 3.37. The molecule has 0 spiro atoms. The van der Waals surface area contributed by atoms with E-state index in [1.165, 1.54) is 5.57 Å². The maximum Gasteiger partial charge on any atom is 2.00 e. The second-order valence-electron chi connectivity index (χ2n) is 7.12. The van der Waals surface area contributed by atoms with Crippen LogP contribution in [-0.4, -0.2) is 0 Å². The standard InChI is InChI=1S/2C9H14.2ClH.Ti/c2*1-9(2,3)8-6-4-5-7-8;;;/h4,6-7H,5H2,1-3H3;4-6H,7H2,1-3H3;2*1H;/q;;;;+2/p-2. The first-order chi connectivity index (χ1) is 8.21.